The zero-order chi connectivity index (χ0) is 23.4. The number of carbonyl (C=O) groups excluding carboxylic acids is 2. The predicted molar refractivity (Wildman–Crippen MR) is 120 cm³/mol. The van der Waals surface area contributed by atoms with Crippen LogP contribution in [0.15, 0.2) is 52.3 Å². The van der Waals surface area contributed by atoms with Gasteiger partial charge in [0.05, 0.1) is 32.7 Å². The molecule has 176 valence electrons. The Bertz CT molecular complexity index is 1030. The highest BCUT2D eigenvalue weighted by Gasteiger charge is 2.37. The number of hydrogen-bond donors (Lipinski definition) is 2. The van der Waals surface area contributed by atoms with Gasteiger partial charge in [-0.3, -0.25) is 4.90 Å². The average Bonchev–Trinajstić information content (AvgIpc) is 3.51. The van der Waals surface area contributed by atoms with Gasteiger partial charge in [0.25, 0.3) is 0 Å². The monoisotopic (exact) mass is 455 g/mol. The van der Waals surface area contributed by atoms with Crippen LogP contribution in [0.1, 0.15) is 43.2 Å². The molecule has 2 atom stereocenters. The highest BCUT2D eigenvalue weighted by Crippen LogP contribution is 2.39. The summed E-state index contributed by atoms with van der Waals surface area (Å²) in [5.74, 6) is 1.45. The minimum atomic E-state index is -0.723. The van der Waals surface area contributed by atoms with E-state index >= 15 is 0 Å². The van der Waals surface area contributed by atoms with Crippen molar-refractivity contribution in [3.05, 3.63) is 59.2 Å². The summed E-state index contributed by atoms with van der Waals surface area (Å²) in [6.45, 7) is 3.16. The third-order valence-electron chi connectivity index (χ3n) is 6.00. The molecule has 2 N–H and O–H groups in total. The van der Waals surface area contributed by atoms with Gasteiger partial charge in [-0.2, -0.15) is 0 Å². The van der Waals surface area contributed by atoms with E-state index in [9.17, 15) is 9.59 Å². The van der Waals surface area contributed by atoms with E-state index in [-0.39, 0.29) is 12.6 Å². The molecule has 0 spiro atoms. The van der Waals surface area contributed by atoms with Gasteiger partial charge in [-0.05, 0) is 44.5 Å². The van der Waals surface area contributed by atoms with Crippen LogP contribution < -0.4 is 20.1 Å². The summed E-state index contributed by atoms with van der Waals surface area (Å²) >= 11 is 0. The third-order valence-corrected chi connectivity index (χ3v) is 6.00. The molecule has 0 bridgehead atoms. The van der Waals surface area contributed by atoms with Crippen molar-refractivity contribution in [3.63, 3.8) is 0 Å². The Kier molecular flexibility index (Phi) is 6.88. The van der Waals surface area contributed by atoms with Gasteiger partial charge in [0.15, 0.2) is 0 Å². The largest absolute Gasteiger partial charge is 0.497 e. The number of hydrogen-bond acceptors (Lipinski definition) is 7. The smallest absolute Gasteiger partial charge is 0.338 e. The molecular weight excluding hydrogens is 426 g/mol. The van der Waals surface area contributed by atoms with Gasteiger partial charge in [-0.15, -0.1) is 0 Å². The lowest BCUT2D eigenvalue weighted by Gasteiger charge is -2.32. The minimum absolute atomic E-state index is 0.0654. The van der Waals surface area contributed by atoms with Gasteiger partial charge in [-0.25, -0.2) is 9.59 Å². The van der Waals surface area contributed by atoms with Crippen LogP contribution in [0, 0.1) is 0 Å². The highest BCUT2D eigenvalue weighted by molar-refractivity contribution is 5.95. The Hall–Kier alpha value is -3.46. The van der Waals surface area contributed by atoms with E-state index in [4.69, 9.17) is 18.6 Å². The van der Waals surface area contributed by atoms with Crippen molar-refractivity contribution in [2.75, 3.05) is 33.9 Å². The summed E-state index contributed by atoms with van der Waals surface area (Å²) in [5.41, 5.74) is 1.90. The number of nitrogens with one attached hydrogen (secondary N) is 2. The third kappa shape index (κ3) is 4.68. The molecule has 2 aliphatic rings. The molecule has 1 saturated heterocycles. The van der Waals surface area contributed by atoms with E-state index in [1.807, 2.05) is 18.2 Å². The van der Waals surface area contributed by atoms with Crippen molar-refractivity contribution >= 4 is 12.0 Å². The second kappa shape index (κ2) is 9.99. The number of furan rings is 1. The van der Waals surface area contributed by atoms with E-state index in [2.05, 4.69) is 15.5 Å². The summed E-state index contributed by atoms with van der Waals surface area (Å²) in [7, 11) is 3.26. The molecule has 0 unspecified atom stereocenters. The molecule has 33 heavy (non-hydrogen) atoms. The van der Waals surface area contributed by atoms with E-state index in [0.717, 1.165) is 36.4 Å². The summed E-state index contributed by atoms with van der Waals surface area (Å²) in [6.07, 6.45) is 3.42. The second-order valence-electron chi connectivity index (χ2n) is 7.90. The fourth-order valence-electron chi connectivity index (χ4n) is 4.53. The van der Waals surface area contributed by atoms with Crippen molar-refractivity contribution in [1.82, 2.24) is 15.5 Å². The molecule has 1 fully saturated rings. The van der Waals surface area contributed by atoms with Crippen molar-refractivity contribution in [2.24, 2.45) is 0 Å². The Labute approximate surface area is 192 Å². The minimum Gasteiger partial charge on any atom is -0.497 e. The Morgan fingerprint density at radius 2 is 2.09 bits per heavy atom. The predicted octanol–water partition coefficient (Wildman–Crippen LogP) is 3.31. The fraction of sp³-hybridized carbons (Fsp3) is 0.417. The van der Waals surface area contributed by atoms with Gasteiger partial charge in [-0.1, -0.05) is 6.07 Å². The normalized spacial score (nSPS) is 20.9. The van der Waals surface area contributed by atoms with Crippen LogP contribution in [0.3, 0.4) is 0 Å². The van der Waals surface area contributed by atoms with E-state index in [1.54, 1.807) is 33.3 Å². The fourth-order valence-corrected chi connectivity index (χ4v) is 4.53. The summed E-state index contributed by atoms with van der Waals surface area (Å²) in [6, 6.07) is 8.19. The lowest BCUT2D eigenvalue weighted by atomic mass is 9.99. The molecule has 2 aromatic rings. The lowest BCUT2D eigenvalue weighted by molar-refractivity contribution is -0.139. The van der Waals surface area contributed by atoms with Crippen molar-refractivity contribution < 1.29 is 28.2 Å². The highest BCUT2D eigenvalue weighted by atomic mass is 16.5. The molecule has 0 aliphatic carbocycles. The van der Waals surface area contributed by atoms with E-state index in [0.29, 0.717) is 23.6 Å². The molecule has 0 saturated carbocycles. The van der Waals surface area contributed by atoms with Gasteiger partial charge in [0.1, 0.15) is 23.3 Å². The zero-order valence-electron chi connectivity index (χ0n) is 19.1. The maximum Gasteiger partial charge on any atom is 0.338 e. The van der Waals surface area contributed by atoms with Gasteiger partial charge in [0.2, 0.25) is 0 Å². The Morgan fingerprint density at radius 1 is 1.24 bits per heavy atom. The average molecular weight is 456 g/mol. The number of rotatable bonds is 8. The first kappa shape index (κ1) is 22.7. The number of amides is 2. The molecule has 2 aliphatic heterocycles. The van der Waals surface area contributed by atoms with E-state index in [1.165, 1.54) is 6.26 Å². The second-order valence-corrected chi connectivity index (χ2v) is 7.90. The number of ether oxygens (including phenoxy) is 3. The van der Waals surface area contributed by atoms with Crippen molar-refractivity contribution in [3.8, 4) is 11.5 Å². The molecular formula is C24H29N3O6. The summed E-state index contributed by atoms with van der Waals surface area (Å²) in [5, 5.41) is 5.62. The molecule has 1 aromatic carbocycles. The van der Waals surface area contributed by atoms with Crippen LogP contribution >= 0.6 is 0 Å². The van der Waals surface area contributed by atoms with Crippen LogP contribution in [-0.2, 0) is 9.53 Å². The van der Waals surface area contributed by atoms with E-state index < -0.39 is 18.0 Å². The van der Waals surface area contributed by atoms with Crippen LogP contribution in [-0.4, -0.2) is 50.8 Å². The molecule has 3 heterocycles. The van der Waals surface area contributed by atoms with Crippen molar-refractivity contribution in [2.45, 2.75) is 31.8 Å². The van der Waals surface area contributed by atoms with Crippen LogP contribution in [0.4, 0.5) is 4.79 Å². The number of urea groups is 1. The van der Waals surface area contributed by atoms with Gasteiger partial charge >= 0.3 is 12.0 Å². The topological polar surface area (TPSA) is 102 Å². The molecule has 0 radical (unpaired) electrons. The Balaban J connectivity index is 1.69. The van der Waals surface area contributed by atoms with Crippen LogP contribution in [0.2, 0.25) is 0 Å². The first-order valence-corrected chi connectivity index (χ1v) is 11.0. The number of benzene rings is 1. The number of esters is 1. The number of carbonyl (C=O) groups is 2. The van der Waals surface area contributed by atoms with Crippen molar-refractivity contribution in [1.29, 1.82) is 0 Å². The Morgan fingerprint density at radius 3 is 2.79 bits per heavy atom. The number of methoxy groups -OCH3 is 2. The molecule has 9 heteroatoms. The van der Waals surface area contributed by atoms with Gasteiger partial charge in [0, 0.05) is 29.9 Å². The maximum atomic E-state index is 13.0. The SMILES string of the molecule is CCOC(=O)C1=C(CN2CCC[C@H]2c2ccc(OC)cc2OC)NC(=O)N[C@H]1c1ccco1. The van der Waals surface area contributed by atoms with Crippen LogP contribution in [0.25, 0.3) is 0 Å². The maximum absolute atomic E-state index is 13.0. The summed E-state index contributed by atoms with van der Waals surface area (Å²) in [4.78, 5) is 27.7. The first-order chi connectivity index (χ1) is 16.0. The standard InChI is InChI=1S/C24H29N3O6/c1-4-32-23(28)21-17(25-24(29)26-22(21)19-8-6-12-33-19)14-27-11-5-7-18(27)16-10-9-15(30-2)13-20(16)31-3/h6,8-10,12-13,18,22H,4-5,7,11,14H2,1-3H3,(H2,25,26,29)/t18-,22-/m0/s1. The molecule has 2 amide bonds. The lowest BCUT2D eigenvalue weighted by Crippen LogP contribution is -2.48. The molecule has 9 nitrogen and oxygen atoms in total. The van der Waals surface area contributed by atoms with Gasteiger partial charge < -0.3 is 29.3 Å². The zero-order valence-corrected chi connectivity index (χ0v) is 19.1. The summed E-state index contributed by atoms with van der Waals surface area (Å²) < 4.78 is 21.8. The molecule has 4 rings (SSSR count). The number of likely N-dealkylation sites (tertiary alicyclic amines) is 1. The first-order valence-electron chi connectivity index (χ1n) is 11.0. The quantitative estimate of drug-likeness (QED) is 0.589. The van der Waals surface area contributed by atoms with Crippen LogP contribution in [0.5, 0.6) is 11.5 Å². The number of nitrogens with zero attached hydrogens (tertiary/aromatic N) is 1. The molecule has 1 aromatic heterocycles.